The second kappa shape index (κ2) is 14.8. The van der Waals surface area contributed by atoms with Gasteiger partial charge in [0.25, 0.3) is 0 Å². The number of amides is 2. The molecule has 282 valence electrons. The summed E-state index contributed by atoms with van der Waals surface area (Å²) in [6.45, 7) is 7.20. The first-order valence-electron chi connectivity index (χ1n) is 18.9. The van der Waals surface area contributed by atoms with Gasteiger partial charge in [-0.3, -0.25) is 0 Å². The topological polar surface area (TPSA) is 115 Å². The Morgan fingerprint density at radius 2 is 1.11 bits per heavy atom. The monoisotopic (exact) mass is 738 g/mol. The van der Waals surface area contributed by atoms with Crippen molar-refractivity contribution in [2.75, 3.05) is 50.2 Å². The number of anilines is 2. The Hall–Kier alpha value is -5.75. The van der Waals surface area contributed by atoms with E-state index in [9.17, 15) is 10.5 Å². The lowest BCUT2D eigenvalue weighted by atomic mass is 9.90. The number of rotatable bonds is 8. The van der Waals surface area contributed by atoms with Crippen molar-refractivity contribution in [3.63, 3.8) is 0 Å². The molecule has 0 N–H and O–H groups in total. The van der Waals surface area contributed by atoms with E-state index in [1.807, 2.05) is 72.2 Å². The van der Waals surface area contributed by atoms with Crippen LogP contribution in [0.3, 0.4) is 0 Å². The summed E-state index contributed by atoms with van der Waals surface area (Å²) >= 11 is 0. The van der Waals surface area contributed by atoms with Crippen molar-refractivity contribution < 1.29 is 23.7 Å². The molecule has 4 aliphatic rings. The van der Waals surface area contributed by atoms with Crippen molar-refractivity contribution in [2.24, 2.45) is 0 Å². The summed E-state index contributed by atoms with van der Waals surface area (Å²) in [4.78, 5) is 23.8. The van der Waals surface area contributed by atoms with E-state index >= 15 is 4.79 Å². The number of hydrogen-bond acceptors (Lipinski definition) is 9. The SMILES string of the molecule is CN1CCOc2ccc(C[C@@H]3[C@@H]4OC(C)(C)O[C@H]4[C@@H](Cc4ccc5c(c4)N(C)CCO5)N(Cc4cccc(C#N)c4)C(=O)N3Cc3cccc(C#N)c3)cc21. The van der Waals surface area contributed by atoms with Gasteiger partial charge in [-0.25, -0.2) is 4.79 Å². The molecular formula is C44H46N6O5. The fourth-order valence-electron chi connectivity index (χ4n) is 8.44. The zero-order chi connectivity index (χ0) is 38.3. The van der Waals surface area contributed by atoms with E-state index < -0.39 is 30.1 Å². The number of nitrogens with zero attached hydrogens (tertiary/aromatic N) is 6. The number of likely N-dealkylation sites (N-methyl/N-ethyl adjacent to an activating group) is 2. The quantitative estimate of drug-likeness (QED) is 0.207. The molecule has 4 aromatic carbocycles. The molecule has 4 atom stereocenters. The van der Waals surface area contributed by atoms with Crippen molar-refractivity contribution in [1.82, 2.24) is 9.80 Å². The van der Waals surface area contributed by atoms with Crippen LogP contribution < -0.4 is 19.3 Å². The number of carbonyl (C=O) groups excluding carboxylic acids is 1. The Balaban J connectivity index is 1.27. The van der Waals surface area contributed by atoms with Crippen LogP contribution in [-0.4, -0.2) is 86.3 Å². The molecule has 55 heavy (non-hydrogen) atoms. The summed E-state index contributed by atoms with van der Waals surface area (Å²) < 4.78 is 25.8. The van der Waals surface area contributed by atoms with E-state index in [-0.39, 0.29) is 19.1 Å². The zero-order valence-corrected chi connectivity index (χ0v) is 31.8. The van der Waals surface area contributed by atoms with E-state index in [0.717, 1.165) is 58.2 Å². The lowest BCUT2D eigenvalue weighted by molar-refractivity contribution is -0.157. The van der Waals surface area contributed by atoms with Crippen LogP contribution in [0.15, 0.2) is 84.9 Å². The minimum Gasteiger partial charge on any atom is -0.490 e. The highest BCUT2D eigenvalue weighted by atomic mass is 16.8. The van der Waals surface area contributed by atoms with Gasteiger partial charge in [-0.05, 0) is 97.5 Å². The van der Waals surface area contributed by atoms with Gasteiger partial charge in [0.1, 0.15) is 36.9 Å². The van der Waals surface area contributed by atoms with E-state index in [1.54, 1.807) is 12.1 Å². The van der Waals surface area contributed by atoms with Crippen LogP contribution in [0.5, 0.6) is 11.5 Å². The predicted octanol–water partition coefficient (Wildman–Crippen LogP) is 6.27. The number of urea groups is 1. The number of hydrogen-bond donors (Lipinski definition) is 0. The molecule has 0 unspecified atom stereocenters. The molecule has 8 rings (SSSR count). The Kier molecular flexibility index (Phi) is 9.77. The highest BCUT2D eigenvalue weighted by Crippen LogP contribution is 2.42. The van der Waals surface area contributed by atoms with Crippen LogP contribution in [0.1, 0.15) is 47.2 Å². The Labute approximate surface area is 322 Å². The summed E-state index contributed by atoms with van der Waals surface area (Å²) in [5, 5.41) is 19.6. The van der Waals surface area contributed by atoms with Crippen LogP contribution >= 0.6 is 0 Å². The molecular weight excluding hydrogens is 693 g/mol. The van der Waals surface area contributed by atoms with Crippen molar-refractivity contribution in [2.45, 2.75) is 69.9 Å². The maximum absolute atomic E-state index is 15.6. The molecule has 4 heterocycles. The Morgan fingerprint density at radius 1 is 0.655 bits per heavy atom. The maximum atomic E-state index is 15.6. The lowest BCUT2D eigenvalue weighted by Gasteiger charge is -2.38. The van der Waals surface area contributed by atoms with Crippen molar-refractivity contribution in [1.29, 1.82) is 10.5 Å². The molecule has 4 aromatic rings. The normalized spacial score (nSPS) is 22.7. The molecule has 11 nitrogen and oxygen atoms in total. The molecule has 2 saturated heterocycles. The van der Waals surface area contributed by atoms with E-state index in [0.29, 0.717) is 37.2 Å². The van der Waals surface area contributed by atoms with Gasteiger partial charge >= 0.3 is 6.03 Å². The molecule has 4 aliphatic heterocycles. The smallest absolute Gasteiger partial charge is 0.321 e. The van der Waals surface area contributed by atoms with Crippen molar-refractivity contribution >= 4 is 17.4 Å². The van der Waals surface area contributed by atoms with Gasteiger partial charge in [0.2, 0.25) is 0 Å². The van der Waals surface area contributed by atoms with Gasteiger partial charge in [0.15, 0.2) is 5.79 Å². The molecule has 0 spiro atoms. The molecule has 0 aromatic heterocycles. The fraction of sp³-hybridized carbons (Fsp3) is 0.386. The molecule has 11 heteroatoms. The summed E-state index contributed by atoms with van der Waals surface area (Å²) in [5.74, 6) is 0.746. The number of ether oxygens (including phenoxy) is 4. The molecule has 0 radical (unpaired) electrons. The average Bonchev–Trinajstić information content (AvgIpc) is 3.49. The lowest BCUT2D eigenvalue weighted by Crippen LogP contribution is -2.51. The first kappa shape index (κ1) is 36.2. The number of benzene rings is 4. The molecule has 2 fully saturated rings. The largest absolute Gasteiger partial charge is 0.490 e. The van der Waals surface area contributed by atoms with Gasteiger partial charge in [-0.15, -0.1) is 0 Å². The first-order chi connectivity index (χ1) is 26.6. The third kappa shape index (κ3) is 7.38. The molecule has 2 amide bonds. The van der Waals surface area contributed by atoms with Gasteiger partial charge in [-0.2, -0.15) is 10.5 Å². The first-order valence-corrected chi connectivity index (χ1v) is 18.9. The summed E-state index contributed by atoms with van der Waals surface area (Å²) in [6.07, 6.45) is -0.0207. The minimum atomic E-state index is -0.932. The van der Waals surface area contributed by atoms with Gasteiger partial charge in [0, 0.05) is 27.2 Å². The standard InChI is InChI=1S/C44H46N6O5/c1-44(2)54-41-37(23-29-11-13-39-35(21-29)47(3)15-17-52-39)49(27-33-9-5-7-31(19-33)25-45)43(51)50(28-34-10-6-8-32(20-34)26-46)38(42(41)55-44)24-30-12-14-40-36(22-30)48(4)16-18-53-40/h5-14,19-22,37-38,41-42H,15-18,23-24,27-28H2,1-4H3/t37-,38-,41+,42+/m1/s1. The maximum Gasteiger partial charge on any atom is 0.321 e. The number of fused-ring (bicyclic) bond motifs is 3. The second-order valence-electron chi connectivity index (χ2n) is 15.4. The Bertz CT molecular complexity index is 2030. The van der Waals surface area contributed by atoms with Gasteiger partial charge in [0.05, 0.1) is 59.8 Å². The summed E-state index contributed by atoms with van der Waals surface area (Å²) in [7, 11) is 4.13. The number of nitriles is 2. The summed E-state index contributed by atoms with van der Waals surface area (Å²) in [5.41, 5.74) is 6.84. The second-order valence-corrected chi connectivity index (χ2v) is 15.4. The minimum absolute atomic E-state index is 0.170. The highest BCUT2D eigenvalue weighted by Gasteiger charge is 2.55. The third-order valence-corrected chi connectivity index (χ3v) is 11.2. The van der Waals surface area contributed by atoms with E-state index in [2.05, 4.69) is 60.3 Å². The summed E-state index contributed by atoms with van der Waals surface area (Å²) in [6, 6.07) is 30.8. The van der Waals surface area contributed by atoms with Crippen LogP contribution in [0, 0.1) is 22.7 Å². The van der Waals surface area contributed by atoms with Crippen molar-refractivity contribution in [3.8, 4) is 23.6 Å². The number of carbonyl (C=O) groups is 1. The van der Waals surface area contributed by atoms with Crippen LogP contribution in [0.25, 0.3) is 0 Å². The van der Waals surface area contributed by atoms with Crippen LogP contribution in [0.4, 0.5) is 16.2 Å². The average molecular weight is 739 g/mol. The van der Waals surface area contributed by atoms with Gasteiger partial charge in [-0.1, -0.05) is 36.4 Å². The Morgan fingerprint density at radius 3 is 1.55 bits per heavy atom. The van der Waals surface area contributed by atoms with Crippen molar-refractivity contribution in [3.05, 3.63) is 118 Å². The third-order valence-electron chi connectivity index (χ3n) is 11.2. The van der Waals surface area contributed by atoms with E-state index in [4.69, 9.17) is 18.9 Å². The molecule has 0 aliphatic carbocycles. The highest BCUT2D eigenvalue weighted by molar-refractivity contribution is 5.76. The van der Waals surface area contributed by atoms with Crippen LogP contribution in [-0.2, 0) is 35.4 Å². The van der Waals surface area contributed by atoms with Crippen LogP contribution in [0.2, 0.25) is 0 Å². The molecule has 0 saturated carbocycles. The zero-order valence-electron chi connectivity index (χ0n) is 31.8. The molecule has 0 bridgehead atoms. The van der Waals surface area contributed by atoms with Gasteiger partial charge < -0.3 is 38.5 Å². The van der Waals surface area contributed by atoms with E-state index in [1.165, 1.54) is 0 Å². The predicted molar refractivity (Wildman–Crippen MR) is 208 cm³/mol. The fourth-order valence-corrected chi connectivity index (χ4v) is 8.44.